The highest BCUT2D eigenvalue weighted by atomic mass is 127. The molecule has 0 saturated carbocycles. The van der Waals surface area contributed by atoms with E-state index >= 15 is 0 Å². The van der Waals surface area contributed by atoms with E-state index in [1.165, 1.54) is 12.1 Å². The maximum atomic E-state index is 12.4. The van der Waals surface area contributed by atoms with Crippen molar-refractivity contribution >= 4 is 50.0 Å². The molecule has 0 spiro atoms. The Balaban J connectivity index is 1.80. The van der Waals surface area contributed by atoms with Gasteiger partial charge < -0.3 is 5.32 Å². The average Bonchev–Trinajstić information content (AvgIpc) is 2.96. The molecule has 0 aliphatic carbocycles. The number of halogens is 1. The minimum Gasteiger partial charge on any atom is -0.336 e. The molecule has 0 bridgehead atoms. The summed E-state index contributed by atoms with van der Waals surface area (Å²) < 4.78 is 28.3. The van der Waals surface area contributed by atoms with Gasteiger partial charge >= 0.3 is 6.03 Å². The van der Waals surface area contributed by atoms with Crippen LogP contribution in [0, 0.1) is 3.57 Å². The molecule has 120 valence electrons. The van der Waals surface area contributed by atoms with Gasteiger partial charge in [-0.2, -0.15) is 0 Å². The third-order valence-electron chi connectivity index (χ3n) is 3.41. The number of carbonyl (C=O) groups is 1. The van der Waals surface area contributed by atoms with Gasteiger partial charge in [0.1, 0.15) is 0 Å². The van der Waals surface area contributed by atoms with Gasteiger partial charge in [0, 0.05) is 28.0 Å². The van der Waals surface area contributed by atoms with Gasteiger partial charge in [-0.15, -0.1) is 0 Å². The lowest BCUT2D eigenvalue weighted by Gasteiger charge is -2.15. The Labute approximate surface area is 148 Å². The lowest BCUT2D eigenvalue weighted by atomic mass is 10.3. The van der Waals surface area contributed by atoms with Crippen LogP contribution in [-0.4, -0.2) is 27.5 Å². The van der Waals surface area contributed by atoms with Gasteiger partial charge in [0.25, 0.3) is 10.0 Å². The van der Waals surface area contributed by atoms with E-state index in [9.17, 15) is 13.2 Å². The smallest absolute Gasteiger partial charge is 0.321 e. The molecule has 23 heavy (non-hydrogen) atoms. The van der Waals surface area contributed by atoms with Gasteiger partial charge in [-0.1, -0.05) is 0 Å². The fourth-order valence-corrected chi connectivity index (χ4v) is 3.67. The second-order valence-corrected chi connectivity index (χ2v) is 7.92. The number of carbonyl (C=O) groups excluding carboxylic acids is 1. The summed E-state index contributed by atoms with van der Waals surface area (Å²) >= 11 is 2.15. The summed E-state index contributed by atoms with van der Waals surface area (Å²) in [7, 11) is -3.65. The zero-order chi connectivity index (χ0) is 16.4. The summed E-state index contributed by atoms with van der Waals surface area (Å²) in [6, 6.07) is 13.2. The average molecular weight is 443 g/mol. The van der Waals surface area contributed by atoms with Gasteiger partial charge in [0.05, 0.1) is 4.90 Å². The van der Waals surface area contributed by atoms with Crippen LogP contribution in [0.2, 0.25) is 0 Å². The Hall–Kier alpha value is -1.81. The van der Waals surface area contributed by atoms with Crippen molar-refractivity contribution in [2.75, 3.05) is 22.7 Å². The first kappa shape index (κ1) is 16.1. The minimum absolute atomic E-state index is 0.152. The van der Waals surface area contributed by atoms with Crippen LogP contribution in [0.3, 0.4) is 0 Å². The normalized spacial score (nSPS) is 14.7. The zero-order valence-electron chi connectivity index (χ0n) is 12.0. The number of nitrogens with one attached hydrogen (secondary N) is 2. The maximum Gasteiger partial charge on any atom is 0.321 e. The molecule has 2 amide bonds. The predicted molar refractivity (Wildman–Crippen MR) is 97.2 cm³/mol. The van der Waals surface area contributed by atoms with Crippen LogP contribution in [0.5, 0.6) is 0 Å². The Morgan fingerprint density at radius 3 is 2.26 bits per heavy atom. The highest BCUT2D eigenvalue weighted by Gasteiger charge is 2.22. The van der Waals surface area contributed by atoms with Gasteiger partial charge in [0.15, 0.2) is 0 Å². The minimum atomic E-state index is -3.65. The van der Waals surface area contributed by atoms with Crippen LogP contribution >= 0.6 is 22.6 Å². The molecule has 2 aromatic carbocycles. The Morgan fingerprint density at radius 2 is 1.70 bits per heavy atom. The third kappa shape index (κ3) is 3.58. The molecule has 0 atom stereocenters. The van der Waals surface area contributed by atoms with Crippen molar-refractivity contribution < 1.29 is 13.2 Å². The number of urea groups is 1. The van der Waals surface area contributed by atoms with Crippen LogP contribution in [0.1, 0.15) is 0 Å². The number of benzene rings is 2. The first-order valence-electron chi connectivity index (χ1n) is 6.89. The van der Waals surface area contributed by atoms with Crippen LogP contribution in [0.15, 0.2) is 53.4 Å². The second-order valence-electron chi connectivity index (χ2n) is 4.99. The monoisotopic (exact) mass is 443 g/mol. The van der Waals surface area contributed by atoms with E-state index in [2.05, 4.69) is 32.6 Å². The summed E-state index contributed by atoms with van der Waals surface area (Å²) in [6.45, 7) is 1.17. The quantitative estimate of drug-likeness (QED) is 0.714. The van der Waals surface area contributed by atoms with Gasteiger partial charge in [-0.3, -0.25) is 9.62 Å². The highest BCUT2D eigenvalue weighted by Crippen LogP contribution is 2.21. The van der Waals surface area contributed by atoms with E-state index in [1.807, 2.05) is 12.1 Å². The summed E-state index contributed by atoms with van der Waals surface area (Å²) in [5.74, 6) is 0. The van der Waals surface area contributed by atoms with Crippen molar-refractivity contribution in [2.45, 2.75) is 4.90 Å². The SMILES string of the molecule is O=C1NCCN1c1ccc(S(=O)(=O)Nc2ccc(I)cc2)cc1. The van der Waals surface area contributed by atoms with E-state index in [4.69, 9.17) is 0 Å². The van der Waals surface area contributed by atoms with Crippen molar-refractivity contribution in [1.82, 2.24) is 5.32 Å². The van der Waals surface area contributed by atoms with E-state index in [0.717, 1.165) is 3.57 Å². The fourth-order valence-electron chi connectivity index (χ4n) is 2.26. The predicted octanol–water partition coefficient (Wildman–Crippen LogP) is 2.62. The largest absolute Gasteiger partial charge is 0.336 e. The van der Waals surface area contributed by atoms with Crippen molar-refractivity contribution in [3.8, 4) is 0 Å². The molecule has 3 rings (SSSR count). The Morgan fingerprint density at radius 1 is 1.04 bits per heavy atom. The number of anilines is 2. The highest BCUT2D eigenvalue weighted by molar-refractivity contribution is 14.1. The molecule has 0 radical (unpaired) electrons. The van der Waals surface area contributed by atoms with E-state index < -0.39 is 10.0 Å². The molecule has 1 aliphatic heterocycles. The van der Waals surface area contributed by atoms with Gasteiger partial charge in [-0.05, 0) is 71.1 Å². The maximum absolute atomic E-state index is 12.4. The lowest BCUT2D eigenvalue weighted by molar-refractivity contribution is 0.252. The second kappa shape index (κ2) is 6.36. The molecular weight excluding hydrogens is 429 g/mol. The first-order chi connectivity index (χ1) is 11.0. The van der Waals surface area contributed by atoms with Crippen LogP contribution < -0.4 is 14.9 Å². The fraction of sp³-hybridized carbons (Fsp3) is 0.133. The molecule has 1 saturated heterocycles. The number of rotatable bonds is 4. The number of nitrogens with zero attached hydrogens (tertiary/aromatic N) is 1. The van der Waals surface area contributed by atoms with Crippen molar-refractivity contribution in [2.24, 2.45) is 0 Å². The molecule has 1 heterocycles. The number of sulfonamides is 1. The van der Waals surface area contributed by atoms with Crippen LogP contribution in [0.4, 0.5) is 16.2 Å². The van der Waals surface area contributed by atoms with Crippen LogP contribution in [0.25, 0.3) is 0 Å². The van der Waals surface area contributed by atoms with Crippen molar-refractivity contribution in [3.63, 3.8) is 0 Å². The molecule has 2 N–H and O–H groups in total. The van der Waals surface area contributed by atoms with Crippen LogP contribution in [-0.2, 0) is 10.0 Å². The van der Waals surface area contributed by atoms with Gasteiger partial charge in [0.2, 0.25) is 0 Å². The third-order valence-corrected chi connectivity index (χ3v) is 5.53. The zero-order valence-corrected chi connectivity index (χ0v) is 15.0. The molecule has 1 fully saturated rings. The molecular formula is C15H14IN3O3S. The lowest BCUT2D eigenvalue weighted by Crippen LogP contribution is -2.27. The Bertz CT molecular complexity index is 820. The summed E-state index contributed by atoms with van der Waals surface area (Å²) in [6.07, 6.45) is 0. The Kier molecular flexibility index (Phi) is 4.44. The molecule has 0 unspecified atom stereocenters. The van der Waals surface area contributed by atoms with Crippen molar-refractivity contribution in [1.29, 1.82) is 0 Å². The summed E-state index contributed by atoms with van der Waals surface area (Å²) in [5, 5.41) is 2.71. The molecule has 8 heteroatoms. The number of hydrogen-bond acceptors (Lipinski definition) is 3. The van der Waals surface area contributed by atoms with E-state index in [1.54, 1.807) is 29.2 Å². The number of hydrogen-bond donors (Lipinski definition) is 2. The number of amides is 2. The molecule has 1 aliphatic rings. The van der Waals surface area contributed by atoms with E-state index in [0.29, 0.717) is 24.5 Å². The molecule has 2 aromatic rings. The first-order valence-corrected chi connectivity index (χ1v) is 9.46. The summed E-state index contributed by atoms with van der Waals surface area (Å²) in [4.78, 5) is 13.3. The molecule has 6 nitrogen and oxygen atoms in total. The van der Waals surface area contributed by atoms with Gasteiger partial charge in [-0.25, -0.2) is 13.2 Å². The standard InChI is InChI=1S/C15H14IN3O3S/c16-11-1-3-12(4-2-11)18-23(21,22)14-7-5-13(6-8-14)19-10-9-17-15(19)20/h1-8,18H,9-10H2,(H,17,20). The van der Waals surface area contributed by atoms with E-state index in [-0.39, 0.29) is 10.9 Å². The van der Waals surface area contributed by atoms with Crippen molar-refractivity contribution in [3.05, 3.63) is 52.1 Å². The summed E-state index contributed by atoms with van der Waals surface area (Å²) in [5.41, 5.74) is 1.18. The molecule has 0 aromatic heterocycles. The topological polar surface area (TPSA) is 78.5 Å².